The van der Waals surface area contributed by atoms with Crippen LogP contribution < -0.4 is 0 Å². The molecule has 96 heavy (non-hydrogen) atoms. The number of fused-ring (bicyclic) bond motifs is 7. The summed E-state index contributed by atoms with van der Waals surface area (Å²) in [7, 11) is 0. The van der Waals surface area contributed by atoms with E-state index in [1.807, 2.05) is 0 Å². The SMILES string of the molecule is CC1OC(OC2C(CO)OC(OCC3OC(OC(=O)C45CCC(C)(C)CC4C4=CCC6C7(C)CCC(OC8OCC(O)C(OC9OC(CO)C(OC%10OC(CO)C(O)C(O)C%10O)C(O)C9O)C8O)C(C)(C)C7CCC6(C)C4(C)CC5)C(O)C(O)C3O)C(O)C2O)C(O)C(O)C1O. The number of ether oxygens (including phenoxy) is 12. The van der Waals surface area contributed by atoms with E-state index < -0.39 is 227 Å². The Morgan fingerprint density at radius 3 is 1.61 bits per heavy atom. The third-order valence-corrected chi connectivity index (χ3v) is 25.2. The van der Waals surface area contributed by atoms with Crippen molar-refractivity contribution in [2.75, 3.05) is 33.0 Å². The molecule has 6 heterocycles. The number of hydrogen-bond acceptors (Lipinski definition) is 31. The summed E-state index contributed by atoms with van der Waals surface area (Å²) in [6.45, 7) is 13.8. The summed E-state index contributed by atoms with van der Waals surface area (Å²) in [4.78, 5) is 15.3. The smallest absolute Gasteiger partial charge is 0.315 e. The Balaban J connectivity index is 0.740. The van der Waals surface area contributed by atoms with Crippen molar-refractivity contribution in [2.24, 2.45) is 50.2 Å². The predicted octanol–water partition coefficient (Wildman–Crippen LogP) is -4.72. The van der Waals surface area contributed by atoms with E-state index in [2.05, 4.69) is 54.5 Å². The highest BCUT2D eigenvalue weighted by Gasteiger charge is 2.71. The Morgan fingerprint density at radius 2 is 1.00 bits per heavy atom. The minimum atomic E-state index is -1.94. The van der Waals surface area contributed by atoms with Crippen LogP contribution in [0, 0.1) is 50.2 Å². The Labute approximate surface area is 556 Å². The monoisotopic (exact) mass is 1380 g/mol. The second kappa shape index (κ2) is 28.3. The van der Waals surface area contributed by atoms with Crippen LogP contribution in [0.5, 0.6) is 0 Å². The van der Waals surface area contributed by atoms with Crippen molar-refractivity contribution in [1.82, 2.24) is 0 Å². The standard InChI is InChI=1S/C65H106O31/c1-25-36(70)39(73)44(78)55(87-25)94-51-30(21-67)89-53(47(81)42(51)76)86-24-32-38(72)41(75)46(80)58(91-32)96-59(84)65-17-15-60(2,3)19-27(65)26-9-10-34-62(6)13-12-35(61(4,5)33(62)11-14-64(34,8)63(26,7)16-18-65)92-54-49(83)50(28(69)23-85-54)93-57-48(82)43(77)52(31(22-68)90-57)95-56-45(79)40(74)37(71)29(20-66)88-56/h9,25,27-58,66-83H,10-24H2,1-8H3. The molecule has 4 saturated carbocycles. The van der Waals surface area contributed by atoms with Gasteiger partial charge in [0.1, 0.15) is 134 Å². The third kappa shape index (κ3) is 12.9. The molecule has 18 N–H and O–H groups in total. The molecule has 6 aliphatic heterocycles. The van der Waals surface area contributed by atoms with Gasteiger partial charge in [0, 0.05) is 0 Å². The lowest BCUT2D eigenvalue weighted by atomic mass is 9.33. The number of carbonyl (C=O) groups excluding carboxylic acids is 1. The minimum absolute atomic E-state index is 0.0994. The molecule has 37 unspecified atom stereocenters. The maximum atomic E-state index is 15.3. The van der Waals surface area contributed by atoms with Crippen molar-refractivity contribution in [3.8, 4) is 0 Å². The fraction of sp³-hybridized carbons (Fsp3) is 0.954. The molecular weight excluding hydrogens is 1280 g/mol. The largest absolute Gasteiger partial charge is 0.432 e. The predicted molar refractivity (Wildman–Crippen MR) is 321 cm³/mol. The molecule has 31 heteroatoms. The summed E-state index contributed by atoms with van der Waals surface area (Å²) < 4.78 is 70.7. The van der Waals surface area contributed by atoms with Crippen molar-refractivity contribution in [3.05, 3.63) is 11.6 Å². The Hall–Kier alpha value is -1.95. The van der Waals surface area contributed by atoms with Crippen LogP contribution in [-0.4, -0.2) is 315 Å². The highest BCUT2D eigenvalue weighted by atomic mass is 16.8. The molecule has 0 aromatic rings. The van der Waals surface area contributed by atoms with Crippen LogP contribution in [0.3, 0.4) is 0 Å². The van der Waals surface area contributed by atoms with Gasteiger partial charge < -0.3 is 149 Å². The molecule has 0 spiro atoms. The molecule has 5 aliphatic carbocycles. The van der Waals surface area contributed by atoms with Crippen LogP contribution in [0.25, 0.3) is 0 Å². The first-order valence-corrected chi connectivity index (χ1v) is 34.1. The quantitative estimate of drug-likeness (QED) is 0.0392. The van der Waals surface area contributed by atoms with E-state index in [9.17, 15) is 91.9 Å². The molecule has 37 atom stereocenters. The number of carbonyl (C=O) groups is 1. The summed E-state index contributed by atoms with van der Waals surface area (Å²) in [5.41, 5.74) is -1.48. The maximum Gasteiger partial charge on any atom is 0.315 e. The molecule has 10 fully saturated rings. The first-order valence-electron chi connectivity index (χ1n) is 34.1. The van der Waals surface area contributed by atoms with Gasteiger partial charge in [0.25, 0.3) is 0 Å². The van der Waals surface area contributed by atoms with Crippen molar-refractivity contribution in [2.45, 2.75) is 304 Å². The summed E-state index contributed by atoms with van der Waals surface area (Å²) in [6, 6.07) is 0. The summed E-state index contributed by atoms with van der Waals surface area (Å²) >= 11 is 0. The van der Waals surface area contributed by atoms with Gasteiger partial charge in [-0.15, -0.1) is 0 Å². The zero-order valence-corrected chi connectivity index (χ0v) is 55.6. The van der Waals surface area contributed by atoms with E-state index >= 15 is 4.79 Å². The average molecular weight is 1380 g/mol. The van der Waals surface area contributed by atoms with E-state index in [0.717, 1.165) is 19.3 Å². The lowest BCUT2D eigenvalue weighted by Gasteiger charge is -2.71. The van der Waals surface area contributed by atoms with Crippen molar-refractivity contribution < 1.29 is 154 Å². The number of aliphatic hydroxyl groups excluding tert-OH is 18. The average Bonchev–Trinajstić information content (AvgIpc) is 0.675. The molecular formula is C65H106O31. The van der Waals surface area contributed by atoms with Gasteiger partial charge in [-0.2, -0.15) is 0 Å². The van der Waals surface area contributed by atoms with Crippen molar-refractivity contribution >= 4 is 5.97 Å². The van der Waals surface area contributed by atoms with Crippen LogP contribution in [0.15, 0.2) is 11.6 Å². The molecule has 11 rings (SSSR count). The summed E-state index contributed by atoms with van der Waals surface area (Å²) in [6.07, 6.45) is -39.7. The third-order valence-electron chi connectivity index (χ3n) is 25.2. The number of rotatable bonds is 16. The van der Waals surface area contributed by atoms with E-state index in [-0.39, 0.29) is 46.0 Å². The van der Waals surface area contributed by atoms with E-state index in [1.165, 1.54) is 12.5 Å². The van der Waals surface area contributed by atoms with Gasteiger partial charge in [-0.1, -0.05) is 60.1 Å². The highest BCUT2D eigenvalue weighted by molar-refractivity contribution is 5.79. The van der Waals surface area contributed by atoms with E-state index in [0.29, 0.717) is 44.9 Å². The van der Waals surface area contributed by atoms with Gasteiger partial charge in [0.15, 0.2) is 31.5 Å². The van der Waals surface area contributed by atoms with Crippen LogP contribution in [0.4, 0.5) is 0 Å². The maximum absolute atomic E-state index is 15.3. The Bertz CT molecular complexity index is 2690. The zero-order chi connectivity index (χ0) is 70.0. The van der Waals surface area contributed by atoms with Gasteiger partial charge in [0.2, 0.25) is 6.29 Å². The normalized spacial score (nSPS) is 54.1. The van der Waals surface area contributed by atoms with Gasteiger partial charge in [-0.3, -0.25) is 4.79 Å². The van der Waals surface area contributed by atoms with Gasteiger partial charge in [-0.05, 0) is 116 Å². The molecule has 0 bridgehead atoms. The lowest BCUT2D eigenvalue weighted by Crippen LogP contribution is -2.66. The van der Waals surface area contributed by atoms with Crippen LogP contribution >= 0.6 is 0 Å². The van der Waals surface area contributed by atoms with Crippen LogP contribution in [0.2, 0.25) is 0 Å². The van der Waals surface area contributed by atoms with Gasteiger partial charge in [0.05, 0.1) is 50.7 Å². The second-order valence-corrected chi connectivity index (χ2v) is 31.5. The lowest BCUT2D eigenvalue weighted by molar-refractivity contribution is -0.377. The molecule has 0 aromatic carbocycles. The highest BCUT2D eigenvalue weighted by Crippen LogP contribution is 2.76. The molecule has 0 amide bonds. The fourth-order valence-corrected chi connectivity index (χ4v) is 19.1. The first kappa shape index (κ1) is 75.2. The zero-order valence-electron chi connectivity index (χ0n) is 55.6. The number of allylic oxidation sites excluding steroid dienone is 2. The molecule has 0 radical (unpaired) electrons. The Morgan fingerprint density at radius 1 is 0.490 bits per heavy atom. The van der Waals surface area contributed by atoms with Gasteiger partial charge in [-0.25, -0.2) is 0 Å². The number of esters is 1. The molecule has 6 saturated heterocycles. The molecule has 552 valence electrons. The minimum Gasteiger partial charge on any atom is -0.432 e. The fourth-order valence-electron chi connectivity index (χ4n) is 19.1. The van der Waals surface area contributed by atoms with Crippen LogP contribution in [-0.2, 0) is 61.6 Å². The summed E-state index contributed by atoms with van der Waals surface area (Å²) in [5.74, 6) is -0.643. The Kier molecular flexibility index (Phi) is 22.1. The topological polar surface area (TPSA) is 492 Å². The summed E-state index contributed by atoms with van der Waals surface area (Å²) in [5, 5.41) is 194. The van der Waals surface area contributed by atoms with Gasteiger partial charge >= 0.3 is 5.97 Å². The van der Waals surface area contributed by atoms with Crippen molar-refractivity contribution in [1.29, 1.82) is 0 Å². The van der Waals surface area contributed by atoms with Crippen molar-refractivity contribution in [3.63, 3.8) is 0 Å². The number of aliphatic hydroxyl groups is 18. The molecule has 31 nitrogen and oxygen atoms in total. The number of hydrogen-bond donors (Lipinski definition) is 18. The molecule has 0 aromatic heterocycles. The van der Waals surface area contributed by atoms with E-state index in [1.54, 1.807) is 0 Å². The molecule has 11 aliphatic rings. The second-order valence-electron chi connectivity index (χ2n) is 31.5. The van der Waals surface area contributed by atoms with E-state index in [4.69, 9.17) is 56.8 Å². The first-order chi connectivity index (χ1) is 45.0. The van der Waals surface area contributed by atoms with Crippen LogP contribution in [0.1, 0.15) is 120 Å².